The molecule has 2 aromatic carbocycles. The molecule has 0 fully saturated rings. The van der Waals surface area contributed by atoms with Crippen LogP contribution in [0.3, 0.4) is 0 Å². The summed E-state index contributed by atoms with van der Waals surface area (Å²) in [6.07, 6.45) is 0.438. The lowest BCUT2D eigenvalue weighted by Gasteiger charge is -2.31. The topological polar surface area (TPSA) is 49.3 Å². The van der Waals surface area contributed by atoms with Gasteiger partial charge in [0.1, 0.15) is 0 Å². The fourth-order valence-corrected chi connectivity index (χ4v) is 2.59. The van der Waals surface area contributed by atoms with E-state index in [-0.39, 0.29) is 0 Å². The minimum atomic E-state index is -1.13. The first-order chi connectivity index (χ1) is 9.60. The van der Waals surface area contributed by atoms with Gasteiger partial charge in [-0.05, 0) is 40.0 Å². The molecule has 2 N–H and O–H groups in total. The third-order valence-corrected chi connectivity index (χ3v) is 4.08. The van der Waals surface area contributed by atoms with Gasteiger partial charge in [-0.2, -0.15) is 0 Å². The van der Waals surface area contributed by atoms with E-state index in [1.54, 1.807) is 0 Å². The molecule has 0 saturated carbocycles. The molecular formula is C16H16BrNO2. The summed E-state index contributed by atoms with van der Waals surface area (Å²) in [4.78, 5) is 11.9. The van der Waals surface area contributed by atoms with Gasteiger partial charge < -0.3 is 10.4 Å². The molecule has 20 heavy (non-hydrogen) atoms. The van der Waals surface area contributed by atoms with E-state index >= 15 is 0 Å². The van der Waals surface area contributed by atoms with Crippen LogP contribution in [-0.4, -0.2) is 11.1 Å². The molecule has 0 bridgehead atoms. The maximum atomic E-state index is 11.9. The van der Waals surface area contributed by atoms with Crippen LogP contribution in [0.1, 0.15) is 18.9 Å². The Bertz CT molecular complexity index is 600. The molecule has 1 unspecified atom stereocenters. The molecule has 0 saturated heterocycles. The largest absolute Gasteiger partial charge is 0.479 e. The molecule has 2 rings (SSSR count). The third-order valence-electron chi connectivity index (χ3n) is 3.38. The fourth-order valence-electron chi connectivity index (χ4n) is 2.21. The minimum absolute atomic E-state index is 0.438. The maximum Gasteiger partial charge on any atom is 0.334 e. The number of para-hydroxylation sites is 1. The normalized spacial score (nSPS) is 13.5. The van der Waals surface area contributed by atoms with Crippen molar-refractivity contribution in [1.82, 2.24) is 0 Å². The highest BCUT2D eigenvalue weighted by atomic mass is 79.9. The van der Waals surface area contributed by atoms with E-state index in [0.29, 0.717) is 6.42 Å². The van der Waals surface area contributed by atoms with Crippen LogP contribution in [0, 0.1) is 0 Å². The summed E-state index contributed by atoms with van der Waals surface area (Å²) in [7, 11) is 0. The molecule has 1 atom stereocenters. The van der Waals surface area contributed by atoms with Crippen molar-refractivity contribution >= 4 is 27.6 Å². The highest BCUT2D eigenvalue weighted by Gasteiger charge is 2.38. The first kappa shape index (κ1) is 14.6. The summed E-state index contributed by atoms with van der Waals surface area (Å²) >= 11 is 3.44. The second-order valence-corrected chi connectivity index (χ2v) is 5.39. The van der Waals surface area contributed by atoms with Crippen LogP contribution in [0.4, 0.5) is 5.69 Å². The Morgan fingerprint density at radius 3 is 2.30 bits per heavy atom. The zero-order chi connectivity index (χ0) is 14.6. The molecule has 0 aliphatic heterocycles. The lowest BCUT2D eigenvalue weighted by Crippen LogP contribution is -2.43. The smallest absolute Gasteiger partial charge is 0.334 e. The highest BCUT2D eigenvalue weighted by molar-refractivity contribution is 9.10. The van der Waals surface area contributed by atoms with Crippen LogP contribution < -0.4 is 5.32 Å². The highest BCUT2D eigenvalue weighted by Crippen LogP contribution is 2.33. The number of carboxylic acids is 1. The molecule has 0 aromatic heterocycles. The third kappa shape index (κ3) is 2.70. The molecule has 0 heterocycles. The van der Waals surface area contributed by atoms with Gasteiger partial charge in [-0.25, -0.2) is 4.79 Å². The SMILES string of the molecule is CCC(Nc1ccccc1Br)(C(=O)O)c1ccccc1. The van der Waals surface area contributed by atoms with Gasteiger partial charge in [0.2, 0.25) is 0 Å². The van der Waals surface area contributed by atoms with Crippen molar-refractivity contribution < 1.29 is 9.90 Å². The van der Waals surface area contributed by atoms with Crippen LogP contribution in [0.5, 0.6) is 0 Å². The van der Waals surface area contributed by atoms with Gasteiger partial charge in [0.15, 0.2) is 5.54 Å². The second kappa shape index (κ2) is 6.09. The molecule has 0 radical (unpaired) electrons. The number of carboxylic acid groups (broad SMARTS) is 1. The first-order valence-electron chi connectivity index (χ1n) is 6.42. The van der Waals surface area contributed by atoms with Crippen molar-refractivity contribution in [2.75, 3.05) is 5.32 Å². The van der Waals surface area contributed by atoms with Crippen molar-refractivity contribution in [3.8, 4) is 0 Å². The molecule has 0 aliphatic carbocycles. The zero-order valence-electron chi connectivity index (χ0n) is 11.1. The minimum Gasteiger partial charge on any atom is -0.479 e. The number of hydrogen-bond donors (Lipinski definition) is 2. The van der Waals surface area contributed by atoms with E-state index in [9.17, 15) is 9.90 Å². The summed E-state index contributed by atoms with van der Waals surface area (Å²) in [6, 6.07) is 16.8. The average Bonchev–Trinajstić information content (AvgIpc) is 2.47. The van der Waals surface area contributed by atoms with Crippen LogP contribution in [0.25, 0.3) is 0 Å². The predicted molar refractivity (Wildman–Crippen MR) is 83.8 cm³/mol. The summed E-state index contributed by atoms with van der Waals surface area (Å²) in [5.41, 5.74) is 0.372. The van der Waals surface area contributed by atoms with E-state index in [4.69, 9.17) is 0 Å². The molecule has 0 amide bonds. The van der Waals surface area contributed by atoms with Gasteiger partial charge in [0.25, 0.3) is 0 Å². The summed E-state index contributed by atoms with van der Waals surface area (Å²) in [6.45, 7) is 1.87. The summed E-state index contributed by atoms with van der Waals surface area (Å²) in [5.74, 6) is -0.887. The van der Waals surface area contributed by atoms with Crippen molar-refractivity contribution in [3.63, 3.8) is 0 Å². The van der Waals surface area contributed by atoms with Gasteiger partial charge in [0.05, 0.1) is 0 Å². The molecule has 0 spiro atoms. The number of halogens is 1. The van der Waals surface area contributed by atoms with Gasteiger partial charge in [-0.1, -0.05) is 49.4 Å². The number of anilines is 1. The van der Waals surface area contributed by atoms with E-state index in [2.05, 4.69) is 21.2 Å². The van der Waals surface area contributed by atoms with Gasteiger partial charge >= 0.3 is 5.97 Å². The standard InChI is InChI=1S/C16H16BrNO2/c1-2-16(15(19)20,12-8-4-3-5-9-12)18-14-11-7-6-10-13(14)17/h3-11,18H,2H2,1H3,(H,19,20). The number of hydrogen-bond acceptors (Lipinski definition) is 2. The predicted octanol–water partition coefficient (Wildman–Crippen LogP) is 4.25. The van der Waals surface area contributed by atoms with Crippen LogP contribution in [-0.2, 0) is 10.3 Å². The average molecular weight is 334 g/mol. The number of rotatable bonds is 5. The molecule has 0 aliphatic rings. The number of aliphatic carboxylic acids is 1. The van der Waals surface area contributed by atoms with Crippen molar-refractivity contribution in [2.45, 2.75) is 18.9 Å². The first-order valence-corrected chi connectivity index (χ1v) is 7.21. The van der Waals surface area contributed by atoms with E-state index in [1.807, 2.05) is 61.5 Å². The van der Waals surface area contributed by atoms with E-state index in [0.717, 1.165) is 15.7 Å². The van der Waals surface area contributed by atoms with Gasteiger partial charge in [0, 0.05) is 10.2 Å². The molecule has 3 nitrogen and oxygen atoms in total. The quantitative estimate of drug-likeness (QED) is 0.859. The Morgan fingerprint density at radius 2 is 1.75 bits per heavy atom. The van der Waals surface area contributed by atoms with Crippen molar-refractivity contribution in [1.29, 1.82) is 0 Å². The van der Waals surface area contributed by atoms with Crippen LogP contribution in [0.2, 0.25) is 0 Å². The Morgan fingerprint density at radius 1 is 1.15 bits per heavy atom. The number of carbonyl (C=O) groups is 1. The second-order valence-electron chi connectivity index (χ2n) is 4.53. The maximum absolute atomic E-state index is 11.9. The molecule has 2 aromatic rings. The fraction of sp³-hybridized carbons (Fsp3) is 0.188. The monoisotopic (exact) mass is 333 g/mol. The Hall–Kier alpha value is -1.81. The molecule has 4 heteroatoms. The lowest BCUT2D eigenvalue weighted by molar-refractivity contribution is -0.142. The molecular weight excluding hydrogens is 318 g/mol. The Balaban J connectivity index is 2.49. The Labute approximate surface area is 126 Å². The van der Waals surface area contributed by atoms with Crippen LogP contribution >= 0.6 is 15.9 Å². The van der Waals surface area contributed by atoms with E-state index in [1.165, 1.54) is 0 Å². The molecule has 104 valence electrons. The number of nitrogens with one attached hydrogen (secondary N) is 1. The number of benzene rings is 2. The lowest BCUT2D eigenvalue weighted by atomic mass is 9.87. The zero-order valence-corrected chi connectivity index (χ0v) is 12.7. The van der Waals surface area contributed by atoms with Crippen LogP contribution in [0.15, 0.2) is 59.1 Å². The van der Waals surface area contributed by atoms with Crippen molar-refractivity contribution in [2.24, 2.45) is 0 Å². The Kier molecular flexibility index (Phi) is 4.45. The van der Waals surface area contributed by atoms with Crippen molar-refractivity contribution in [3.05, 3.63) is 64.6 Å². The van der Waals surface area contributed by atoms with Gasteiger partial charge in [-0.15, -0.1) is 0 Å². The van der Waals surface area contributed by atoms with Gasteiger partial charge in [-0.3, -0.25) is 0 Å². The van der Waals surface area contributed by atoms with E-state index < -0.39 is 11.5 Å². The summed E-state index contributed by atoms with van der Waals surface area (Å²) in [5, 5.41) is 12.9. The summed E-state index contributed by atoms with van der Waals surface area (Å²) < 4.78 is 0.843.